The molecule has 0 aromatic carbocycles. The molecule has 0 heterocycles. The van der Waals surface area contributed by atoms with E-state index in [1.165, 1.54) is 70.6 Å². The zero-order chi connectivity index (χ0) is 17.7. The largest absolute Gasteiger partial charge is 0.379 e. The predicted molar refractivity (Wildman–Crippen MR) is 104 cm³/mol. The summed E-state index contributed by atoms with van der Waals surface area (Å²) in [7, 11) is 0. The highest BCUT2D eigenvalue weighted by Gasteiger charge is 1.98. The van der Waals surface area contributed by atoms with Crippen LogP contribution < -0.4 is 0 Å². The fraction of sp³-hybridized carbons (Fsp3) is 1.00. The van der Waals surface area contributed by atoms with Crippen LogP contribution in [0.25, 0.3) is 0 Å². The molecule has 0 N–H and O–H groups in total. The standard InChI is InChI=1S/C21H44O3/c1-4-6-7-8-9-10-11-12-13-14-15-22-16-17-23-18-19-24-20-21(3)5-2/h21H,4-20H2,1-3H3. The summed E-state index contributed by atoms with van der Waals surface area (Å²) < 4.78 is 16.6. The van der Waals surface area contributed by atoms with Gasteiger partial charge in [0.05, 0.1) is 26.4 Å². The Balaban J connectivity index is 2.98. The third kappa shape index (κ3) is 19.9. The van der Waals surface area contributed by atoms with E-state index in [9.17, 15) is 0 Å². The lowest BCUT2D eigenvalue weighted by atomic mass is 10.1. The molecule has 0 spiro atoms. The summed E-state index contributed by atoms with van der Waals surface area (Å²) in [6, 6.07) is 0. The van der Waals surface area contributed by atoms with Gasteiger partial charge in [-0.15, -0.1) is 0 Å². The topological polar surface area (TPSA) is 27.7 Å². The van der Waals surface area contributed by atoms with Gasteiger partial charge < -0.3 is 14.2 Å². The molecule has 0 aliphatic heterocycles. The van der Waals surface area contributed by atoms with Crippen LogP contribution in [0.4, 0.5) is 0 Å². The number of hydrogen-bond donors (Lipinski definition) is 0. The highest BCUT2D eigenvalue weighted by atomic mass is 16.5. The van der Waals surface area contributed by atoms with Gasteiger partial charge in [0.2, 0.25) is 0 Å². The smallest absolute Gasteiger partial charge is 0.0701 e. The number of hydrogen-bond acceptors (Lipinski definition) is 3. The fourth-order valence-electron chi connectivity index (χ4n) is 2.53. The van der Waals surface area contributed by atoms with Crippen LogP contribution in [0.5, 0.6) is 0 Å². The maximum atomic E-state index is 5.60. The Hall–Kier alpha value is -0.120. The summed E-state index contributed by atoms with van der Waals surface area (Å²) in [4.78, 5) is 0. The molecular weight excluding hydrogens is 300 g/mol. The van der Waals surface area contributed by atoms with E-state index in [4.69, 9.17) is 14.2 Å². The summed E-state index contributed by atoms with van der Waals surface area (Å²) in [5.74, 6) is 0.648. The molecule has 1 atom stereocenters. The van der Waals surface area contributed by atoms with Gasteiger partial charge in [0.25, 0.3) is 0 Å². The van der Waals surface area contributed by atoms with Gasteiger partial charge >= 0.3 is 0 Å². The quantitative estimate of drug-likeness (QED) is 0.253. The lowest BCUT2D eigenvalue weighted by Crippen LogP contribution is -2.12. The molecule has 0 bridgehead atoms. The van der Waals surface area contributed by atoms with Gasteiger partial charge in [-0.2, -0.15) is 0 Å². The van der Waals surface area contributed by atoms with Crippen molar-refractivity contribution < 1.29 is 14.2 Å². The first kappa shape index (κ1) is 23.9. The summed E-state index contributed by atoms with van der Waals surface area (Å²) in [5.41, 5.74) is 0. The van der Waals surface area contributed by atoms with E-state index in [0.29, 0.717) is 32.3 Å². The third-order valence-corrected chi connectivity index (χ3v) is 4.49. The monoisotopic (exact) mass is 344 g/mol. The molecule has 0 aliphatic rings. The minimum atomic E-state index is 0.648. The molecule has 0 amide bonds. The molecule has 0 aliphatic carbocycles. The summed E-state index contributed by atoms with van der Waals surface area (Å²) in [5, 5.41) is 0. The molecule has 0 saturated carbocycles. The van der Waals surface area contributed by atoms with Crippen LogP contribution >= 0.6 is 0 Å². The van der Waals surface area contributed by atoms with Crippen molar-refractivity contribution in [3.63, 3.8) is 0 Å². The molecule has 0 aromatic heterocycles. The first-order chi connectivity index (χ1) is 11.8. The molecule has 3 nitrogen and oxygen atoms in total. The normalized spacial score (nSPS) is 12.6. The van der Waals surface area contributed by atoms with E-state index in [1.54, 1.807) is 0 Å². The average molecular weight is 345 g/mol. The molecule has 0 radical (unpaired) electrons. The van der Waals surface area contributed by atoms with Crippen LogP contribution in [0, 0.1) is 5.92 Å². The molecular formula is C21H44O3. The SMILES string of the molecule is CCCCCCCCCCCCOCCOCCOCC(C)CC. The molecule has 0 rings (SSSR count). The van der Waals surface area contributed by atoms with E-state index < -0.39 is 0 Å². The minimum Gasteiger partial charge on any atom is -0.379 e. The van der Waals surface area contributed by atoms with E-state index in [0.717, 1.165) is 13.2 Å². The molecule has 0 fully saturated rings. The molecule has 1 unspecified atom stereocenters. The molecule has 0 saturated heterocycles. The zero-order valence-corrected chi connectivity index (χ0v) is 16.8. The van der Waals surface area contributed by atoms with E-state index in [2.05, 4.69) is 20.8 Å². The van der Waals surface area contributed by atoms with Crippen LogP contribution in [0.15, 0.2) is 0 Å². The Kier molecular flexibility index (Phi) is 20.8. The second-order valence-corrected chi connectivity index (χ2v) is 7.00. The van der Waals surface area contributed by atoms with Crippen molar-refractivity contribution in [1.29, 1.82) is 0 Å². The van der Waals surface area contributed by atoms with Gasteiger partial charge in [-0.25, -0.2) is 0 Å². The molecule has 3 heteroatoms. The second-order valence-electron chi connectivity index (χ2n) is 7.00. The van der Waals surface area contributed by atoms with E-state index in [1.807, 2.05) is 0 Å². The van der Waals surface area contributed by atoms with Gasteiger partial charge in [0, 0.05) is 13.2 Å². The summed E-state index contributed by atoms with van der Waals surface area (Å²) >= 11 is 0. The average Bonchev–Trinajstić information content (AvgIpc) is 2.60. The lowest BCUT2D eigenvalue weighted by molar-refractivity contribution is 0.00771. The van der Waals surface area contributed by atoms with Crippen molar-refractivity contribution in [1.82, 2.24) is 0 Å². The van der Waals surface area contributed by atoms with Crippen LogP contribution in [0.3, 0.4) is 0 Å². The van der Waals surface area contributed by atoms with Crippen molar-refractivity contribution in [3.8, 4) is 0 Å². The number of unbranched alkanes of at least 4 members (excludes halogenated alkanes) is 9. The van der Waals surface area contributed by atoms with Gasteiger partial charge in [-0.1, -0.05) is 85.0 Å². The van der Waals surface area contributed by atoms with Crippen molar-refractivity contribution in [3.05, 3.63) is 0 Å². The Labute approximate surface area is 151 Å². The Bertz CT molecular complexity index is 221. The van der Waals surface area contributed by atoms with Crippen molar-refractivity contribution in [2.24, 2.45) is 5.92 Å². The second kappa shape index (κ2) is 20.9. The van der Waals surface area contributed by atoms with Gasteiger partial charge in [0.1, 0.15) is 0 Å². The van der Waals surface area contributed by atoms with Crippen LogP contribution in [0.1, 0.15) is 91.4 Å². The highest BCUT2D eigenvalue weighted by molar-refractivity contribution is 4.48. The minimum absolute atomic E-state index is 0.648. The third-order valence-electron chi connectivity index (χ3n) is 4.49. The van der Waals surface area contributed by atoms with Gasteiger partial charge in [0.15, 0.2) is 0 Å². The Morgan fingerprint density at radius 3 is 1.54 bits per heavy atom. The fourth-order valence-corrected chi connectivity index (χ4v) is 2.53. The summed E-state index contributed by atoms with van der Waals surface area (Å²) in [6.07, 6.45) is 14.9. The zero-order valence-electron chi connectivity index (χ0n) is 16.8. The van der Waals surface area contributed by atoms with Crippen LogP contribution in [-0.4, -0.2) is 39.6 Å². The van der Waals surface area contributed by atoms with E-state index >= 15 is 0 Å². The molecule has 0 aromatic rings. The lowest BCUT2D eigenvalue weighted by Gasteiger charge is -2.10. The number of rotatable bonds is 20. The van der Waals surface area contributed by atoms with Crippen LogP contribution in [0.2, 0.25) is 0 Å². The highest BCUT2D eigenvalue weighted by Crippen LogP contribution is 2.10. The maximum Gasteiger partial charge on any atom is 0.0701 e. The summed E-state index contributed by atoms with van der Waals surface area (Å²) in [6.45, 7) is 11.2. The Morgan fingerprint density at radius 2 is 1.00 bits per heavy atom. The van der Waals surface area contributed by atoms with Crippen molar-refractivity contribution >= 4 is 0 Å². The van der Waals surface area contributed by atoms with Crippen molar-refractivity contribution in [2.45, 2.75) is 91.4 Å². The Morgan fingerprint density at radius 1 is 0.542 bits per heavy atom. The molecule has 24 heavy (non-hydrogen) atoms. The van der Waals surface area contributed by atoms with Gasteiger partial charge in [-0.3, -0.25) is 0 Å². The molecule has 146 valence electrons. The predicted octanol–water partition coefficient (Wildman–Crippen LogP) is 6.00. The first-order valence-corrected chi connectivity index (χ1v) is 10.5. The number of ether oxygens (including phenoxy) is 3. The maximum absolute atomic E-state index is 5.60. The van der Waals surface area contributed by atoms with Crippen molar-refractivity contribution in [2.75, 3.05) is 39.6 Å². The van der Waals surface area contributed by atoms with Gasteiger partial charge in [-0.05, 0) is 12.3 Å². The van der Waals surface area contributed by atoms with Crippen LogP contribution in [-0.2, 0) is 14.2 Å². The first-order valence-electron chi connectivity index (χ1n) is 10.5. The van der Waals surface area contributed by atoms with E-state index in [-0.39, 0.29) is 0 Å².